The van der Waals surface area contributed by atoms with E-state index in [-0.39, 0.29) is 17.2 Å². The van der Waals surface area contributed by atoms with Gasteiger partial charge in [-0.15, -0.1) is 0 Å². The molecule has 1 aliphatic carbocycles. The van der Waals surface area contributed by atoms with Gasteiger partial charge in [0.1, 0.15) is 0 Å². The van der Waals surface area contributed by atoms with E-state index in [2.05, 4.69) is 32.2 Å². The van der Waals surface area contributed by atoms with E-state index in [1.54, 1.807) is 0 Å². The first-order valence-corrected chi connectivity index (χ1v) is 7.71. The van der Waals surface area contributed by atoms with Crippen molar-refractivity contribution in [2.75, 3.05) is 5.32 Å². The number of carbonyl (C=O) groups is 1. The third-order valence-corrected chi connectivity index (χ3v) is 4.68. The Morgan fingerprint density at radius 3 is 2.62 bits per heavy atom. The summed E-state index contributed by atoms with van der Waals surface area (Å²) in [5.74, 6) is 0.608. The summed E-state index contributed by atoms with van der Waals surface area (Å²) in [5, 5.41) is 11.7. The molecule has 0 aliphatic heterocycles. The van der Waals surface area contributed by atoms with Gasteiger partial charge in [-0.2, -0.15) is 5.26 Å². The molecule has 0 radical (unpaired) electrons. The van der Waals surface area contributed by atoms with Crippen LogP contribution >= 0.6 is 0 Å². The molecule has 2 rings (SSSR count). The molecule has 0 heterocycles. The van der Waals surface area contributed by atoms with Crippen LogP contribution in [-0.4, -0.2) is 5.91 Å². The summed E-state index contributed by atoms with van der Waals surface area (Å²) in [6.07, 6.45) is 3.85. The minimum atomic E-state index is 0.0580. The summed E-state index contributed by atoms with van der Waals surface area (Å²) in [4.78, 5) is 12.6. The Morgan fingerprint density at radius 1 is 1.38 bits per heavy atom. The van der Waals surface area contributed by atoms with Gasteiger partial charge in [-0.25, -0.2) is 0 Å². The van der Waals surface area contributed by atoms with Crippen LogP contribution in [0.3, 0.4) is 0 Å². The average molecular weight is 284 g/mol. The maximum atomic E-state index is 12.6. The van der Waals surface area contributed by atoms with E-state index in [4.69, 9.17) is 5.26 Å². The van der Waals surface area contributed by atoms with Gasteiger partial charge >= 0.3 is 0 Å². The summed E-state index contributed by atoms with van der Waals surface area (Å²) < 4.78 is 0. The van der Waals surface area contributed by atoms with Crippen molar-refractivity contribution in [3.05, 3.63) is 29.8 Å². The van der Waals surface area contributed by atoms with Crippen LogP contribution in [0.15, 0.2) is 24.3 Å². The lowest BCUT2D eigenvalue weighted by Crippen LogP contribution is -2.42. The Morgan fingerprint density at radius 2 is 2.05 bits per heavy atom. The predicted octanol–water partition coefficient (Wildman–Crippen LogP) is 4.15. The van der Waals surface area contributed by atoms with Gasteiger partial charge in [0.25, 0.3) is 0 Å². The fraction of sp³-hybridized carbons (Fsp3) is 0.556. The summed E-state index contributed by atoms with van der Waals surface area (Å²) in [7, 11) is 0. The van der Waals surface area contributed by atoms with Gasteiger partial charge in [-0.1, -0.05) is 39.3 Å². The molecule has 1 aromatic rings. The van der Waals surface area contributed by atoms with Crippen LogP contribution in [-0.2, 0) is 11.2 Å². The highest BCUT2D eigenvalue weighted by atomic mass is 16.1. The molecule has 0 saturated heterocycles. The van der Waals surface area contributed by atoms with Gasteiger partial charge in [0.2, 0.25) is 5.91 Å². The molecule has 1 aliphatic rings. The number of hydrogen-bond acceptors (Lipinski definition) is 2. The smallest absolute Gasteiger partial charge is 0.228 e. The molecule has 1 amide bonds. The minimum absolute atomic E-state index is 0.0580. The van der Waals surface area contributed by atoms with Crippen molar-refractivity contribution in [1.82, 2.24) is 0 Å². The van der Waals surface area contributed by atoms with Gasteiger partial charge in [-0.3, -0.25) is 4.79 Å². The predicted molar refractivity (Wildman–Crippen MR) is 84.7 cm³/mol. The summed E-state index contributed by atoms with van der Waals surface area (Å²) in [6.45, 7) is 6.58. The largest absolute Gasteiger partial charge is 0.326 e. The number of nitrogens with zero attached hydrogens (tertiary/aromatic N) is 1. The third kappa shape index (κ3) is 3.64. The molecule has 0 aromatic heterocycles. The first-order valence-electron chi connectivity index (χ1n) is 7.71. The van der Waals surface area contributed by atoms with Crippen molar-refractivity contribution in [1.29, 1.82) is 5.26 Å². The van der Waals surface area contributed by atoms with Crippen LogP contribution in [0.5, 0.6) is 0 Å². The van der Waals surface area contributed by atoms with E-state index in [0.29, 0.717) is 12.3 Å². The van der Waals surface area contributed by atoms with Crippen molar-refractivity contribution in [3.8, 4) is 6.07 Å². The Kier molecular flexibility index (Phi) is 4.67. The van der Waals surface area contributed by atoms with Crippen LogP contribution in [0.1, 0.15) is 45.6 Å². The molecule has 1 fully saturated rings. The van der Waals surface area contributed by atoms with Gasteiger partial charge in [0.15, 0.2) is 0 Å². The molecule has 1 N–H and O–H groups in total. The number of benzene rings is 1. The van der Waals surface area contributed by atoms with E-state index < -0.39 is 0 Å². The first-order chi connectivity index (χ1) is 9.94. The molecule has 1 aromatic carbocycles. The van der Waals surface area contributed by atoms with Crippen molar-refractivity contribution < 1.29 is 4.79 Å². The van der Waals surface area contributed by atoms with Crippen LogP contribution in [0, 0.1) is 28.6 Å². The van der Waals surface area contributed by atoms with E-state index in [1.165, 1.54) is 6.42 Å². The number of rotatable bonds is 3. The molecular weight excluding hydrogens is 260 g/mol. The second-order valence-corrected chi connectivity index (χ2v) is 6.86. The normalized spacial score (nSPS) is 24.1. The Hall–Kier alpha value is -1.82. The van der Waals surface area contributed by atoms with E-state index >= 15 is 0 Å². The standard InChI is InChI=1S/C18H24N2O/c1-13-5-4-11-18(2,3)16(13)17(21)20-15-8-6-14(7-9-15)10-12-19/h6-9,13,16H,4-5,10-11H2,1-3H3,(H,20,21). The maximum Gasteiger partial charge on any atom is 0.228 e. The highest BCUT2D eigenvalue weighted by molar-refractivity contribution is 5.93. The molecule has 21 heavy (non-hydrogen) atoms. The SMILES string of the molecule is CC1CCCC(C)(C)C1C(=O)Nc1ccc(CC#N)cc1. The Bertz CT molecular complexity index is 539. The van der Waals surface area contributed by atoms with Crippen LogP contribution < -0.4 is 5.32 Å². The van der Waals surface area contributed by atoms with Crippen molar-refractivity contribution >= 4 is 11.6 Å². The van der Waals surface area contributed by atoms with Crippen molar-refractivity contribution in [2.45, 2.75) is 46.5 Å². The zero-order valence-corrected chi connectivity index (χ0v) is 13.1. The zero-order chi connectivity index (χ0) is 15.5. The second kappa shape index (κ2) is 6.30. The maximum absolute atomic E-state index is 12.6. The molecule has 3 nitrogen and oxygen atoms in total. The van der Waals surface area contributed by atoms with Crippen molar-refractivity contribution in [2.24, 2.45) is 17.3 Å². The lowest BCUT2D eigenvalue weighted by Gasteiger charge is -2.41. The topological polar surface area (TPSA) is 52.9 Å². The average Bonchev–Trinajstić information content (AvgIpc) is 2.40. The fourth-order valence-electron chi connectivity index (χ4n) is 3.60. The lowest BCUT2D eigenvalue weighted by atomic mass is 9.64. The molecule has 2 atom stereocenters. The summed E-state index contributed by atoms with van der Waals surface area (Å²) in [5.41, 5.74) is 1.85. The molecule has 3 heteroatoms. The lowest BCUT2D eigenvalue weighted by molar-refractivity contribution is -0.127. The molecule has 2 unspecified atom stereocenters. The Labute approximate surface area is 127 Å². The van der Waals surface area contributed by atoms with E-state index in [9.17, 15) is 4.79 Å². The van der Waals surface area contributed by atoms with Crippen LogP contribution in [0.2, 0.25) is 0 Å². The first kappa shape index (κ1) is 15.6. The van der Waals surface area contributed by atoms with Crippen molar-refractivity contribution in [3.63, 3.8) is 0 Å². The Balaban J connectivity index is 2.08. The van der Waals surface area contributed by atoms with Crippen LogP contribution in [0.4, 0.5) is 5.69 Å². The van der Waals surface area contributed by atoms with Gasteiger partial charge in [-0.05, 0) is 41.9 Å². The number of nitrogens with one attached hydrogen (secondary N) is 1. The van der Waals surface area contributed by atoms with Gasteiger partial charge in [0.05, 0.1) is 12.5 Å². The highest BCUT2D eigenvalue weighted by Gasteiger charge is 2.41. The quantitative estimate of drug-likeness (QED) is 0.906. The van der Waals surface area contributed by atoms with Crippen LogP contribution in [0.25, 0.3) is 0 Å². The molecular formula is C18H24N2O. The van der Waals surface area contributed by atoms with Gasteiger partial charge in [0, 0.05) is 11.6 Å². The minimum Gasteiger partial charge on any atom is -0.326 e. The molecule has 0 spiro atoms. The number of nitriles is 1. The van der Waals surface area contributed by atoms with Gasteiger partial charge < -0.3 is 5.32 Å². The second-order valence-electron chi connectivity index (χ2n) is 6.86. The zero-order valence-electron chi connectivity index (χ0n) is 13.1. The number of anilines is 1. The molecule has 0 bridgehead atoms. The number of hydrogen-bond donors (Lipinski definition) is 1. The van der Waals surface area contributed by atoms with E-state index in [1.807, 2.05) is 24.3 Å². The summed E-state index contributed by atoms with van der Waals surface area (Å²) in [6, 6.07) is 9.68. The number of carbonyl (C=O) groups excluding carboxylic acids is 1. The summed E-state index contributed by atoms with van der Waals surface area (Å²) >= 11 is 0. The monoisotopic (exact) mass is 284 g/mol. The van der Waals surface area contributed by atoms with E-state index in [0.717, 1.165) is 24.1 Å². The molecule has 112 valence electrons. The fourth-order valence-corrected chi connectivity index (χ4v) is 3.60. The number of amides is 1. The third-order valence-electron chi connectivity index (χ3n) is 4.68. The molecule has 1 saturated carbocycles. The highest BCUT2D eigenvalue weighted by Crippen LogP contribution is 2.44.